The Morgan fingerprint density at radius 3 is 1.63 bits per heavy atom. The van der Waals surface area contributed by atoms with Crippen LogP contribution in [0, 0.1) is 6.92 Å². The Hall–Kier alpha value is -8.14. The third-order valence-corrected chi connectivity index (χ3v) is 17.1. The lowest BCUT2D eigenvalue weighted by Crippen LogP contribution is -2.18. The van der Waals surface area contributed by atoms with Crippen molar-refractivity contribution in [3.8, 4) is 44.5 Å². The Morgan fingerprint density at radius 1 is 0.338 bits per heavy atom. The van der Waals surface area contributed by atoms with Gasteiger partial charge in [-0.2, -0.15) is 0 Å². The number of fused-ring (bicyclic) bond motifs is 18. The van der Waals surface area contributed by atoms with Gasteiger partial charge in [-0.05, 0) is 163 Å². The number of para-hydroxylation sites is 2. The molecule has 0 saturated heterocycles. The minimum atomic E-state index is -0.311. The summed E-state index contributed by atoms with van der Waals surface area (Å²) in [4.78, 5) is 2.47. The lowest BCUT2D eigenvalue weighted by molar-refractivity contribution is 0.651. The molecule has 0 unspecified atom stereocenters. The molecule has 0 N–H and O–H groups in total. The van der Waals surface area contributed by atoms with Crippen LogP contribution in [-0.2, 0) is 16.2 Å². The number of aryl methyl sites for hydroxylation is 1. The molecule has 2 aromatic heterocycles. The van der Waals surface area contributed by atoms with Crippen LogP contribution in [0.3, 0.4) is 0 Å². The van der Waals surface area contributed by atoms with Crippen LogP contribution in [0.15, 0.2) is 191 Å². The van der Waals surface area contributed by atoms with Crippen molar-refractivity contribution in [3.05, 3.63) is 221 Å². The maximum Gasteiger partial charge on any atom is 0.143 e. The highest BCUT2D eigenvalue weighted by atomic mass is 16.3. The van der Waals surface area contributed by atoms with Crippen LogP contribution in [-0.4, -0.2) is 0 Å². The molecule has 15 rings (SSSR count). The van der Waals surface area contributed by atoms with E-state index in [1.165, 1.54) is 105 Å². The SMILES string of the molecule is Cc1ccc(N(c2ccc3c(c2)C(C)(C)c2cc4c(cc2-3)C(C)(C)c2ccc3oc5ccccc5c3c2-4)c2ccc3c(c2)C(C)(C)c2cc(-c4cccc5ccccc45)c4oc5ccccc5c4c2-3)cc1. The Bertz CT molecular complexity index is 4320. The van der Waals surface area contributed by atoms with Crippen molar-refractivity contribution in [2.45, 2.75) is 64.7 Å². The molecule has 3 heteroatoms. The largest absolute Gasteiger partial charge is 0.456 e. The molecule has 0 bridgehead atoms. The fourth-order valence-corrected chi connectivity index (χ4v) is 13.4. The minimum Gasteiger partial charge on any atom is -0.456 e. The zero-order chi connectivity index (χ0) is 47.9. The highest BCUT2D eigenvalue weighted by Gasteiger charge is 2.44. The van der Waals surface area contributed by atoms with Crippen LogP contribution < -0.4 is 4.90 Å². The zero-order valence-corrected chi connectivity index (χ0v) is 41.1. The number of benzene rings is 10. The molecule has 0 fully saturated rings. The normalized spacial score (nSPS) is 15.3. The first kappa shape index (κ1) is 40.7. The van der Waals surface area contributed by atoms with Crippen LogP contribution in [0.25, 0.3) is 99.2 Å². The molecule has 0 saturated carbocycles. The maximum absolute atomic E-state index is 6.92. The molecule has 3 aliphatic rings. The molecule has 10 aromatic carbocycles. The monoisotopic (exact) mass is 913 g/mol. The van der Waals surface area contributed by atoms with E-state index in [0.717, 1.165) is 50.3 Å². The fourth-order valence-electron chi connectivity index (χ4n) is 13.4. The van der Waals surface area contributed by atoms with Crippen molar-refractivity contribution in [2.75, 3.05) is 4.90 Å². The van der Waals surface area contributed by atoms with Crippen LogP contribution in [0.5, 0.6) is 0 Å². The lowest BCUT2D eigenvalue weighted by atomic mass is 9.79. The van der Waals surface area contributed by atoms with Gasteiger partial charge in [-0.15, -0.1) is 0 Å². The molecular formula is C68H51NO2. The molecule has 71 heavy (non-hydrogen) atoms. The van der Waals surface area contributed by atoms with Gasteiger partial charge in [-0.1, -0.05) is 156 Å². The van der Waals surface area contributed by atoms with Crippen LogP contribution in [0.4, 0.5) is 17.1 Å². The van der Waals surface area contributed by atoms with Crippen LogP contribution >= 0.6 is 0 Å². The molecule has 3 nitrogen and oxygen atoms in total. The molecule has 0 atom stereocenters. The Kier molecular flexibility index (Phi) is 7.91. The summed E-state index contributed by atoms with van der Waals surface area (Å²) in [7, 11) is 0. The molecule has 12 aromatic rings. The topological polar surface area (TPSA) is 29.5 Å². The number of hydrogen-bond donors (Lipinski definition) is 0. The number of furan rings is 2. The van der Waals surface area contributed by atoms with Gasteiger partial charge in [0.05, 0.1) is 0 Å². The van der Waals surface area contributed by atoms with E-state index >= 15 is 0 Å². The molecule has 2 heterocycles. The Labute approximate surface area is 413 Å². The number of nitrogens with zero attached hydrogens (tertiary/aromatic N) is 1. The minimum absolute atomic E-state index is 0.170. The van der Waals surface area contributed by atoms with Gasteiger partial charge in [0.25, 0.3) is 0 Å². The van der Waals surface area contributed by atoms with Crippen molar-refractivity contribution in [3.63, 3.8) is 0 Å². The van der Waals surface area contributed by atoms with E-state index in [9.17, 15) is 0 Å². The second kappa shape index (κ2) is 13.8. The van der Waals surface area contributed by atoms with E-state index in [1.807, 2.05) is 0 Å². The average Bonchev–Trinajstić information content (AvgIpc) is 4.13. The summed E-state index contributed by atoms with van der Waals surface area (Å²) < 4.78 is 13.4. The molecule has 3 aliphatic carbocycles. The van der Waals surface area contributed by atoms with E-state index in [4.69, 9.17) is 8.83 Å². The lowest BCUT2D eigenvalue weighted by Gasteiger charge is -2.30. The number of hydrogen-bond acceptors (Lipinski definition) is 3. The summed E-state index contributed by atoms with van der Waals surface area (Å²) in [5, 5.41) is 7.20. The van der Waals surface area contributed by atoms with Gasteiger partial charge in [0.1, 0.15) is 22.3 Å². The van der Waals surface area contributed by atoms with Crippen LogP contribution in [0.1, 0.15) is 80.5 Å². The molecule has 0 spiro atoms. The van der Waals surface area contributed by atoms with E-state index in [1.54, 1.807) is 0 Å². The first-order chi connectivity index (χ1) is 34.4. The highest BCUT2D eigenvalue weighted by Crippen LogP contribution is 2.60. The van der Waals surface area contributed by atoms with Gasteiger partial charge in [-0.3, -0.25) is 0 Å². The first-order valence-corrected chi connectivity index (χ1v) is 25.2. The quantitative estimate of drug-likeness (QED) is 0.176. The summed E-state index contributed by atoms with van der Waals surface area (Å²) >= 11 is 0. The second-order valence-electron chi connectivity index (χ2n) is 22.1. The van der Waals surface area contributed by atoms with Gasteiger partial charge >= 0.3 is 0 Å². The second-order valence-corrected chi connectivity index (χ2v) is 22.1. The maximum atomic E-state index is 6.92. The van der Waals surface area contributed by atoms with Gasteiger partial charge in [0.15, 0.2) is 0 Å². The zero-order valence-electron chi connectivity index (χ0n) is 41.1. The average molecular weight is 914 g/mol. The van der Waals surface area contributed by atoms with Gasteiger partial charge < -0.3 is 13.7 Å². The fraction of sp³-hybridized carbons (Fsp3) is 0.147. The molecule has 0 aliphatic heterocycles. The Balaban J connectivity index is 0.895. The summed E-state index contributed by atoms with van der Waals surface area (Å²) in [5.41, 5.74) is 25.9. The predicted molar refractivity (Wildman–Crippen MR) is 296 cm³/mol. The third kappa shape index (κ3) is 5.33. The van der Waals surface area contributed by atoms with E-state index in [2.05, 4.69) is 235 Å². The van der Waals surface area contributed by atoms with Crippen molar-refractivity contribution in [1.82, 2.24) is 0 Å². The number of rotatable bonds is 4. The molecule has 0 radical (unpaired) electrons. The van der Waals surface area contributed by atoms with Crippen molar-refractivity contribution < 1.29 is 8.83 Å². The van der Waals surface area contributed by atoms with E-state index in [0.29, 0.717) is 0 Å². The van der Waals surface area contributed by atoms with Gasteiger partial charge in [-0.25, -0.2) is 0 Å². The summed E-state index contributed by atoms with van der Waals surface area (Å²) in [5.74, 6) is 0. The summed E-state index contributed by atoms with van der Waals surface area (Å²) in [6.07, 6.45) is 0. The van der Waals surface area contributed by atoms with Crippen molar-refractivity contribution in [1.29, 1.82) is 0 Å². The first-order valence-electron chi connectivity index (χ1n) is 25.2. The summed E-state index contributed by atoms with van der Waals surface area (Å²) in [6, 6.07) is 67.8. The molecule has 340 valence electrons. The standard InChI is InChI=1S/C68H51NO2/c1-38-23-25-40(26-24-38)69(41-27-29-45-49-35-56-51(37-55(49)67(4,5)53(45)33-41)62-52(66(56,2)3)31-32-60-63(62)47-18-10-12-21-58(47)70-60)42-28-30-46-54(34-42)68(6,7)57-36-50(44-20-14-16-39-15-8-9-17-43(39)44)65-64(61(46)57)48-19-11-13-22-59(48)71-65/h8-37H,1-7H3. The van der Waals surface area contributed by atoms with Gasteiger partial charge in [0, 0.05) is 60.4 Å². The smallest absolute Gasteiger partial charge is 0.143 e. The predicted octanol–water partition coefficient (Wildman–Crippen LogP) is 19.0. The number of anilines is 3. The third-order valence-electron chi connectivity index (χ3n) is 17.1. The summed E-state index contributed by atoms with van der Waals surface area (Å²) in [6.45, 7) is 16.6. The highest BCUT2D eigenvalue weighted by molar-refractivity contribution is 6.20. The van der Waals surface area contributed by atoms with Crippen LogP contribution in [0.2, 0.25) is 0 Å². The van der Waals surface area contributed by atoms with E-state index < -0.39 is 0 Å². The van der Waals surface area contributed by atoms with E-state index in [-0.39, 0.29) is 16.2 Å². The van der Waals surface area contributed by atoms with Crippen molar-refractivity contribution in [2.24, 2.45) is 0 Å². The van der Waals surface area contributed by atoms with Gasteiger partial charge in [0.2, 0.25) is 0 Å². The molecular weight excluding hydrogens is 863 g/mol. The molecule has 0 amide bonds. The van der Waals surface area contributed by atoms with Crippen molar-refractivity contribution >= 4 is 71.7 Å². The Morgan fingerprint density at radius 2 is 0.873 bits per heavy atom.